The molecule has 0 N–H and O–H groups in total. The van der Waals surface area contributed by atoms with Crippen LogP contribution in [0.4, 0.5) is 0 Å². The fraction of sp³-hybridized carbons (Fsp3) is 0.692. The molecule has 4 heteroatoms. The molecule has 0 aromatic rings. The van der Waals surface area contributed by atoms with Crippen LogP contribution in [0.25, 0.3) is 0 Å². The molecular weight excluding hydrogens is 216 g/mol. The van der Waals surface area contributed by atoms with Crippen LogP contribution >= 0.6 is 0 Å². The van der Waals surface area contributed by atoms with Gasteiger partial charge in [-0.15, -0.1) is 0 Å². The fourth-order valence-corrected chi connectivity index (χ4v) is 2.11. The lowest BCUT2D eigenvalue weighted by Crippen LogP contribution is -2.36. The van der Waals surface area contributed by atoms with Crippen molar-refractivity contribution in [1.82, 2.24) is 4.90 Å². The molecule has 0 unspecified atom stereocenters. The third-order valence-electron chi connectivity index (χ3n) is 3.03. The molecule has 0 aliphatic carbocycles. The predicted molar refractivity (Wildman–Crippen MR) is 68.3 cm³/mol. The summed E-state index contributed by atoms with van der Waals surface area (Å²) in [5.74, 6) is 1.02. The van der Waals surface area contributed by atoms with Crippen molar-refractivity contribution in [1.29, 1.82) is 0 Å². The summed E-state index contributed by atoms with van der Waals surface area (Å²) in [5.41, 5.74) is 0.529. The Morgan fingerprint density at radius 2 is 2.24 bits per heavy atom. The Morgan fingerprint density at radius 1 is 1.53 bits per heavy atom. The second-order valence-electron chi connectivity index (χ2n) is 4.28. The molecule has 1 heterocycles. The molecule has 0 atom stereocenters. The Morgan fingerprint density at radius 3 is 2.71 bits per heavy atom. The van der Waals surface area contributed by atoms with E-state index in [1.165, 1.54) is 12.3 Å². The summed E-state index contributed by atoms with van der Waals surface area (Å²) in [6.45, 7) is 10.7. The number of esters is 1. The Hall–Kier alpha value is -1.32. The maximum Gasteiger partial charge on any atom is 0.337 e. The molecule has 0 aromatic heterocycles. The maximum atomic E-state index is 11.5. The van der Waals surface area contributed by atoms with Crippen LogP contribution in [-0.4, -0.2) is 54.6 Å². The number of nitrogens with zero attached hydrogens (tertiary/aromatic N) is 2. The molecule has 0 bridgehead atoms. The van der Waals surface area contributed by atoms with Crippen molar-refractivity contribution < 1.29 is 14.1 Å². The van der Waals surface area contributed by atoms with E-state index in [4.69, 9.17) is 4.74 Å². The van der Waals surface area contributed by atoms with Gasteiger partial charge in [0.1, 0.15) is 6.54 Å². The predicted octanol–water partition coefficient (Wildman–Crippen LogP) is 1.26. The lowest BCUT2D eigenvalue weighted by atomic mass is 10.2. The van der Waals surface area contributed by atoms with Gasteiger partial charge in [0.2, 0.25) is 5.84 Å². The number of carbonyl (C=O) groups excluding carboxylic acids is 1. The fourth-order valence-electron chi connectivity index (χ4n) is 2.11. The van der Waals surface area contributed by atoms with E-state index < -0.39 is 0 Å². The zero-order valence-corrected chi connectivity index (χ0v) is 11.2. The van der Waals surface area contributed by atoms with Crippen LogP contribution in [0.3, 0.4) is 0 Å². The van der Waals surface area contributed by atoms with Crippen molar-refractivity contribution >= 4 is 11.8 Å². The normalized spacial score (nSPS) is 15.0. The van der Waals surface area contributed by atoms with Crippen molar-refractivity contribution in [2.75, 3.05) is 33.3 Å². The minimum atomic E-state index is -0.285. The lowest BCUT2D eigenvalue weighted by Gasteiger charge is -2.17. The first-order chi connectivity index (χ1) is 8.10. The van der Waals surface area contributed by atoms with E-state index in [1.54, 1.807) is 0 Å². The van der Waals surface area contributed by atoms with Crippen LogP contribution in [0.2, 0.25) is 0 Å². The van der Waals surface area contributed by atoms with Crippen molar-refractivity contribution in [3.05, 3.63) is 12.2 Å². The highest BCUT2D eigenvalue weighted by Gasteiger charge is 2.26. The van der Waals surface area contributed by atoms with Gasteiger partial charge in [-0.2, -0.15) is 0 Å². The summed E-state index contributed by atoms with van der Waals surface area (Å²) in [6, 6.07) is 0. The summed E-state index contributed by atoms with van der Waals surface area (Å²) in [5, 5.41) is 0. The van der Waals surface area contributed by atoms with Gasteiger partial charge in [-0.1, -0.05) is 6.58 Å². The van der Waals surface area contributed by atoms with Crippen LogP contribution in [0.15, 0.2) is 12.2 Å². The zero-order valence-electron chi connectivity index (χ0n) is 11.2. The van der Waals surface area contributed by atoms with E-state index in [0.717, 1.165) is 19.5 Å². The summed E-state index contributed by atoms with van der Waals surface area (Å²) < 4.78 is 7.20. The van der Waals surface area contributed by atoms with Gasteiger partial charge in [0, 0.05) is 0 Å². The van der Waals surface area contributed by atoms with E-state index in [1.807, 2.05) is 6.92 Å². The SMILES string of the molecule is C=C(CN(CC)C1=[N+](C)CCC1)C(=O)OCC. The molecule has 0 saturated carbocycles. The topological polar surface area (TPSA) is 32.5 Å². The smallest absolute Gasteiger partial charge is 0.337 e. The first-order valence-corrected chi connectivity index (χ1v) is 6.26. The van der Waals surface area contributed by atoms with Crippen molar-refractivity contribution in [3.8, 4) is 0 Å². The molecule has 0 fully saturated rings. The number of amidine groups is 1. The van der Waals surface area contributed by atoms with E-state index in [-0.39, 0.29) is 5.97 Å². The first-order valence-electron chi connectivity index (χ1n) is 6.26. The van der Waals surface area contributed by atoms with Crippen LogP contribution in [0, 0.1) is 0 Å². The molecule has 0 aromatic carbocycles. The second kappa shape index (κ2) is 6.42. The second-order valence-corrected chi connectivity index (χ2v) is 4.28. The Bertz CT molecular complexity index is 334. The van der Waals surface area contributed by atoms with Crippen molar-refractivity contribution in [2.24, 2.45) is 0 Å². The van der Waals surface area contributed by atoms with E-state index >= 15 is 0 Å². The zero-order chi connectivity index (χ0) is 12.8. The van der Waals surface area contributed by atoms with Gasteiger partial charge in [0.15, 0.2) is 0 Å². The molecule has 1 aliphatic rings. The number of ether oxygens (including phenoxy) is 1. The maximum absolute atomic E-state index is 11.5. The largest absolute Gasteiger partial charge is 0.463 e. The molecule has 1 aliphatic heterocycles. The summed E-state index contributed by atoms with van der Waals surface area (Å²) in [6.07, 6.45) is 2.27. The highest BCUT2D eigenvalue weighted by molar-refractivity contribution is 5.89. The standard InChI is InChI=1S/C13H23N2O2/c1-5-15(12-8-7-9-14(12)4)10-11(3)13(16)17-6-2/h3,5-10H2,1-2,4H3/q+1. The molecule has 4 nitrogen and oxygen atoms in total. The average molecular weight is 239 g/mol. The number of likely N-dealkylation sites (N-methyl/N-ethyl adjacent to an activating group) is 1. The lowest BCUT2D eigenvalue weighted by molar-refractivity contribution is -0.493. The van der Waals surface area contributed by atoms with E-state index in [2.05, 4.69) is 30.0 Å². The summed E-state index contributed by atoms with van der Waals surface area (Å²) in [4.78, 5) is 13.7. The average Bonchev–Trinajstić information content (AvgIpc) is 2.72. The molecule has 96 valence electrons. The number of carbonyl (C=O) groups is 1. The Balaban J connectivity index is 2.61. The number of hydrogen-bond donors (Lipinski definition) is 0. The number of rotatable bonds is 5. The molecule has 0 saturated heterocycles. The highest BCUT2D eigenvalue weighted by Crippen LogP contribution is 2.09. The van der Waals surface area contributed by atoms with Crippen LogP contribution in [0.1, 0.15) is 26.7 Å². The molecule has 0 amide bonds. The van der Waals surface area contributed by atoms with E-state index in [9.17, 15) is 4.79 Å². The molecular formula is C13H23N2O2+. The minimum absolute atomic E-state index is 0.285. The highest BCUT2D eigenvalue weighted by atomic mass is 16.5. The van der Waals surface area contributed by atoms with Gasteiger partial charge in [-0.05, 0) is 20.3 Å². The molecule has 0 spiro atoms. The summed E-state index contributed by atoms with van der Waals surface area (Å²) >= 11 is 0. The molecule has 1 rings (SSSR count). The van der Waals surface area contributed by atoms with Gasteiger partial charge in [0.05, 0.1) is 38.7 Å². The Labute approximate surface area is 104 Å². The van der Waals surface area contributed by atoms with Gasteiger partial charge >= 0.3 is 5.97 Å². The van der Waals surface area contributed by atoms with Crippen LogP contribution in [0.5, 0.6) is 0 Å². The minimum Gasteiger partial charge on any atom is -0.463 e. The van der Waals surface area contributed by atoms with Gasteiger partial charge < -0.3 is 4.74 Å². The summed E-state index contributed by atoms with van der Waals surface area (Å²) in [7, 11) is 2.10. The number of hydrogen-bond acceptors (Lipinski definition) is 3. The quantitative estimate of drug-likeness (QED) is 0.411. The Kier molecular flexibility index (Phi) is 5.19. The first kappa shape index (κ1) is 13.7. The van der Waals surface area contributed by atoms with Gasteiger partial charge in [-0.3, -0.25) is 9.48 Å². The van der Waals surface area contributed by atoms with Crippen LogP contribution in [-0.2, 0) is 9.53 Å². The molecule has 0 radical (unpaired) electrons. The van der Waals surface area contributed by atoms with Gasteiger partial charge in [0.25, 0.3) is 0 Å². The third-order valence-corrected chi connectivity index (χ3v) is 3.03. The van der Waals surface area contributed by atoms with E-state index in [0.29, 0.717) is 18.7 Å². The molecule has 17 heavy (non-hydrogen) atoms. The van der Waals surface area contributed by atoms with Crippen LogP contribution < -0.4 is 0 Å². The third kappa shape index (κ3) is 3.58. The van der Waals surface area contributed by atoms with Gasteiger partial charge in [-0.25, -0.2) is 4.79 Å². The monoisotopic (exact) mass is 239 g/mol. The van der Waals surface area contributed by atoms with Crippen molar-refractivity contribution in [3.63, 3.8) is 0 Å². The van der Waals surface area contributed by atoms with Crippen molar-refractivity contribution in [2.45, 2.75) is 26.7 Å².